The number of carbonyl (C=O) groups is 1. The molecule has 0 radical (unpaired) electrons. The summed E-state index contributed by atoms with van der Waals surface area (Å²) in [6.07, 6.45) is 0. The van der Waals surface area contributed by atoms with Gasteiger partial charge in [-0.15, -0.1) is 0 Å². The molecule has 2 aromatic carbocycles. The molecule has 0 aliphatic heterocycles. The fourth-order valence-electron chi connectivity index (χ4n) is 1.71. The standard InChI is InChI=1S/C15H9F2NO3/c16-12-4-9(7-18)3-10(5-12)8-21-14-2-1-11(15(19)20)6-13(14)17/h1-6H,8H2,(H,19,20). The Hall–Kier alpha value is -2.94. The Morgan fingerprint density at radius 2 is 2.00 bits per heavy atom. The highest BCUT2D eigenvalue weighted by Gasteiger charge is 2.10. The van der Waals surface area contributed by atoms with Crippen LogP contribution in [0.1, 0.15) is 21.5 Å². The van der Waals surface area contributed by atoms with Gasteiger partial charge in [-0.2, -0.15) is 5.26 Å². The van der Waals surface area contributed by atoms with Crippen molar-refractivity contribution in [1.29, 1.82) is 5.26 Å². The number of hydrogen-bond acceptors (Lipinski definition) is 3. The molecule has 0 amide bonds. The molecular weight excluding hydrogens is 280 g/mol. The zero-order valence-electron chi connectivity index (χ0n) is 10.6. The lowest BCUT2D eigenvalue weighted by molar-refractivity contribution is 0.0696. The predicted octanol–water partition coefficient (Wildman–Crippen LogP) is 3.11. The van der Waals surface area contributed by atoms with Crippen LogP contribution in [0.2, 0.25) is 0 Å². The van der Waals surface area contributed by atoms with Crippen molar-refractivity contribution in [3.8, 4) is 11.8 Å². The molecule has 0 aliphatic rings. The quantitative estimate of drug-likeness (QED) is 0.938. The van der Waals surface area contributed by atoms with Gasteiger partial charge in [0.25, 0.3) is 0 Å². The first-order valence-corrected chi connectivity index (χ1v) is 5.85. The molecule has 106 valence electrons. The van der Waals surface area contributed by atoms with Crippen molar-refractivity contribution in [2.75, 3.05) is 0 Å². The third-order valence-corrected chi connectivity index (χ3v) is 2.66. The topological polar surface area (TPSA) is 70.3 Å². The maximum absolute atomic E-state index is 13.6. The number of benzene rings is 2. The van der Waals surface area contributed by atoms with Crippen molar-refractivity contribution in [3.05, 3.63) is 64.7 Å². The lowest BCUT2D eigenvalue weighted by Gasteiger charge is -2.08. The Morgan fingerprint density at radius 3 is 2.62 bits per heavy atom. The summed E-state index contributed by atoms with van der Waals surface area (Å²) in [5.74, 6) is -2.81. The van der Waals surface area contributed by atoms with E-state index in [0.717, 1.165) is 12.1 Å². The molecule has 0 bridgehead atoms. The van der Waals surface area contributed by atoms with E-state index in [2.05, 4.69) is 0 Å². The average molecular weight is 289 g/mol. The van der Waals surface area contributed by atoms with Crippen LogP contribution >= 0.6 is 0 Å². The Kier molecular flexibility index (Phi) is 4.14. The average Bonchev–Trinajstić information content (AvgIpc) is 2.45. The Bertz CT molecular complexity index is 738. The summed E-state index contributed by atoms with van der Waals surface area (Å²) in [6.45, 7) is -0.143. The number of ether oxygens (including phenoxy) is 1. The summed E-state index contributed by atoms with van der Waals surface area (Å²) in [5.41, 5.74) is 0.306. The van der Waals surface area contributed by atoms with Crippen molar-refractivity contribution >= 4 is 5.97 Å². The van der Waals surface area contributed by atoms with E-state index in [0.29, 0.717) is 5.56 Å². The number of halogens is 2. The molecule has 6 heteroatoms. The van der Waals surface area contributed by atoms with Gasteiger partial charge >= 0.3 is 5.97 Å². The minimum atomic E-state index is -1.25. The van der Waals surface area contributed by atoms with Crippen LogP contribution in [0.3, 0.4) is 0 Å². The van der Waals surface area contributed by atoms with Gasteiger partial charge in [0.05, 0.1) is 17.2 Å². The molecule has 0 heterocycles. The number of carboxylic acid groups (broad SMARTS) is 1. The minimum absolute atomic E-state index is 0.135. The number of rotatable bonds is 4. The van der Waals surface area contributed by atoms with Crippen LogP contribution in [-0.2, 0) is 6.61 Å². The summed E-state index contributed by atoms with van der Waals surface area (Å²) in [5, 5.41) is 17.4. The predicted molar refractivity (Wildman–Crippen MR) is 68.8 cm³/mol. The second-order valence-corrected chi connectivity index (χ2v) is 4.20. The van der Waals surface area contributed by atoms with Gasteiger partial charge in [-0.1, -0.05) is 0 Å². The van der Waals surface area contributed by atoms with E-state index in [9.17, 15) is 13.6 Å². The lowest BCUT2D eigenvalue weighted by atomic mass is 10.1. The highest BCUT2D eigenvalue weighted by Crippen LogP contribution is 2.20. The molecule has 2 rings (SSSR count). The van der Waals surface area contributed by atoms with Crippen LogP contribution < -0.4 is 4.74 Å². The third kappa shape index (κ3) is 3.54. The fraction of sp³-hybridized carbons (Fsp3) is 0.0667. The number of aromatic carboxylic acids is 1. The lowest BCUT2D eigenvalue weighted by Crippen LogP contribution is -2.01. The maximum Gasteiger partial charge on any atom is 0.335 e. The van der Waals surface area contributed by atoms with Gasteiger partial charge < -0.3 is 9.84 Å². The summed E-state index contributed by atoms with van der Waals surface area (Å²) in [7, 11) is 0. The molecule has 1 N–H and O–H groups in total. The van der Waals surface area contributed by atoms with Crippen molar-refractivity contribution < 1.29 is 23.4 Å². The van der Waals surface area contributed by atoms with Crippen LogP contribution in [0.4, 0.5) is 8.78 Å². The van der Waals surface area contributed by atoms with Crippen molar-refractivity contribution in [3.63, 3.8) is 0 Å². The molecule has 0 fully saturated rings. The summed E-state index contributed by atoms with van der Waals surface area (Å²) < 4.78 is 32.0. The van der Waals surface area contributed by atoms with E-state index in [4.69, 9.17) is 15.1 Å². The highest BCUT2D eigenvalue weighted by atomic mass is 19.1. The summed E-state index contributed by atoms with van der Waals surface area (Å²) >= 11 is 0. The van der Waals surface area contributed by atoms with Gasteiger partial charge in [0.2, 0.25) is 0 Å². The minimum Gasteiger partial charge on any atom is -0.486 e. The van der Waals surface area contributed by atoms with E-state index in [-0.39, 0.29) is 23.5 Å². The van der Waals surface area contributed by atoms with Crippen molar-refractivity contribution in [1.82, 2.24) is 0 Å². The molecule has 0 atom stereocenters. The maximum atomic E-state index is 13.6. The Morgan fingerprint density at radius 1 is 1.24 bits per heavy atom. The zero-order valence-corrected chi connectivity index (χ0v) is 10.6. The molecule has 0 saturated heterocycles. The van der Waals surface area contributed by atoms with E-state index in [1.54, 1.807) is 6.07 Å². The highest BCUT2D eigenvalue weighted by molar-refractivity contribution is 5.87. The second kappa shape index (κ2) is 6.01. The van der Waals surface area contributed by atoms with Gasteiger partial charge in [0.1, 0.15) is 12.4 Å². The smallest absolute Gasteiger partial charge is 0.335 e. The molecular formula is C15H9F2NO3. The van der Waals surface area contributed by atoms with E-state index in [1.165, 1.54) is 24.3 Å². The summed E-state index contributed by atoms with van der Waals surface area (Å²) in [4.78, 5) is 10.7. The Labute approximate surface area is 118 Å². The normalized spacial score (nSPS) is 9.95. The first-order valence-electron chi connectivity index (χ1n) is 5.85. The first-order chi connectivity index (χ1) is 9.99. The van der Waals surface area contributed by atoms with E-state index in [1.807, 2.05) is 0 Å². The van der Waals surface area contributed by atoms with Gasteiger partial charge in [-0.3, -0.25) is 0 Å². The molecule has 4 nitrogen and oxygen atoms in total. The van der Waals surface area contributed by atoms with Gasteiger partial charge in [0, 0.05) is 0 Å². The molecule has 0 spiro atoms. The molecule has 0 aliphatic carbocycles. The van der Waals surface area contributed by atoms with Crippen molar-refractivity contribution in [2.24, 2.45) is 0 Å². The van der Waals surface area contributed by atoms with Gasteiger partial charge in [-0.05, 0) is 42.0 Å². The molecule has 0 unspecified atom stereocenters. The number of carboxylic acids is 1. The monoisotopic (exact) mass is 289 g/mol. The van der Waals surface area contributed by atoms with Crippen molar-refractivity contribution in [2.45, 2.75) is 6.61 Å². The SMILES string of the molecule is N#Cc1cc(F)cc(COc2ccc(C(=O)O)cc2F)c1. The zero-order chi connectivity index (χ0) is 15.4. The number of nitriles is 1. The Balaban J connectivity index is 2.15. The van der Waals surface area contributed by atoms with Crippen LogP contribution in [-0.4, -0.2) is 11.1 Å². The number of hydrogen-bond donors (Lipinski definition) is 1. The van der Waals surface area contributed by atoms with Gasteiger partial charge in [-0.25, -0.2) is 13.6 Å². The number of nitrogens with zero attached hydrogens (tertiary/aromatic N) is 1. The molecule has 0 aromatic heterocycles. The molecule has 21 heavy (non-hydrogen) atoms. The van der Waals surface area contributed by atoms with E-state index < -0.39 is 17.6 Å². The van der Waals surface area contributed by atoms with E-state index >= 15 is 0 Å². The third-order valence-electron chi connectivity index (χ3n) is 2.66. The van der Waals surface area contributed by atoms with Crippen LogP contribution in [0, 0.1) is 23.0 Å². The first kappa shape index (κ1) is 14.5. The second-order valence-electron chi connectivity index (χ2n) is 4.20. The molecule has 0 saturated carbocycles. The largest absolute Gasteiger partial charge is 0.486 e. The fourth-order valence-corrected chi connectivity index (χ4v) is 1.71. The molecule has 2 aromatic rings. The van der Waals surface area contributed by atoms with Crippen LogP contribution in [0.5, 0.6) is 5.75 Å². The van der Waals surface area contributed by atoms with Crippen LogP contribution in [0.25, 0.3) is 0 Å². The summed E-state index contributed by atoms with van der Waals surface area (Å²) in [6, 6.07) is 8.69. The van der Waals surface area contributed by atoms with Crippen LogP contribution in [0.15, 0.2) is 36.4 Å². The van der Waals surface area contributed by atoms with Gasteiger partial charge in [0.15, 0.2) is 11.6 Å².